The van der Waals surface area contributed by atoms with Gasteiger partial charge in [-0.05, 0) is 39.3 Å². The van der Waals surface area contributed by atoms with Crippen molar-refractivity contribution >= 4 is 11.9 Å². The van der Waals surface area contributed by atoms with Crippen molar-refractivity contribution in [2.24, 2.45) is 5.92 Å². The molecule has 5 nitrogen and oxygen atoms in total. The topological polar surface area (TPSA) is 68.3 Å². The van der Waals surface area contributed by atoms with Gasteiger partial charge in [-0.1, -0.05) is 6.92 Å². The molecule has 0 aliphatic rings. The number of Topliss-reactive ketones (excluding diaryl/α,β-unsaturated/α-hetero) is 1. The summed E-state index contributed by atoms with van der Waals surface area (Å²) in [5, 5.41) is 2.64. The van der Waals surface area contributed by atoms with E-state index >= 15 is 0 Å². The molecule has 1 rings (SSSR count). The number of ether oxygens (including phenoxy) is 1. The van der Waals surface area contributed by atoms with Crippen LogP contribution in [0, 0.1) is 5.92 Å². The fraction of sp³-hybridized carbons (Fsp3) is 0.533. The number of pyridine rings is 1. The molecule has 0 saturated carbocycles. The first-order chi connectivity index (χ1) is 9.33. The lowest BCUT2D eigenvalue weighted by atomic mass is 9.96. The van der Waals surface area contributed by atoms with Crippen molar-refractivity contribution in [3.05, 3.63) is 30.1 Å². The van der Waals surface area contributed by atoms with Crippen LogP contribution in [0.5, 0.6) is 0 Å². The largest absolute Gasteiger partial charge is 0.444 e. The maximum absolute atomic E-state index is 12.3. The number of aromatic nitrogens is 1. The van der Waals surface area contributed by atoms with Gasteiger partial charge in [-0.2, -0.15) is 0 Å². The molecule has 1 N–H and O–H groups in total. The van der Waals surface area contributed by atoms with Crippen LogP contribution in [-0.4, -0.2) is 29.0 Å². The summed E-state index contributed by atoms with van der Waals surface area (Å²) >= 11 is 0. The molecule has 0 saturated heterocycles. The Morgan fingerprint density at radius 3 is 2.40 bits per heavy atom. The molecule has 0 spiro atoms. The molecule has 0 bridgehead atoms. The van der Waals surface area contributed by atoms with Crippen LogP contribution in [0.2, 0.25) is 0 Å². The molecular formula is C15H22N2O3. The Kier molecular flexibility index (Phi) is 5.67. The van der Waals surface area contributed by atoms with E-state index in [0.29, 0.717) is 12.0 Å². The number of nitrogens with zero attached hydrogens (tertiary/aromatic N) is 1. The van der Waals surface area contributed by atoms with Gasteiger partial charge in [0.05, 0.1) is 0 Å². The summed E-state index contributed by atoms with van der Waals surface area (Å²) in [6, 6.07) is 3.36. The van der Waals surface area contributed by atoms with E-state index in [1.54, 1.807) is 45.3 Å². The van der Waals surface area contributed by atoms with Gasteiger partial charge in [0.25, 0.3) is 0 Å². The number of nitrogens with one attached hydrogen (secondary N) is 1. The van der Waals surface area contributed by atoms with Gasteiger partial charge in [0.1, 0.15) is 5.60 Å². The number of ketones is 1. The maximum atomic E-state index is 12.3. The van der Waals surface area contributed by atoms with Gasteiger partial charge in [0.2, 0.25) is 0 Å². The lowest BCUT2D eigenvalue weighted by Crippen LogP contribution is -2.37. The molecule has 110 valence electrons. The minimum absolute atomic E-state index is 0.00552. The predicted octanol–water partition coefficient (Wildman–Crippen LogP) is 2.82. The summed E-state index contributed by atoms with van der Waals surface area (Å²) in [7, 11) is 0. The van der Waals surface area contributed by atoms with E-state index in [1.165, 1.54) is 0 Å². The van der Waals surface area contributed by atoms with Crippen LogP contribution in [0.4, 0.5) is 4.79 Å². The van der Waals surface area contributed by atoms with Crippen LogP contribution in [0.15, 0.2) is 24.5 Å². The minimum Gasteiger partial charge on any atom is -0.444 e. The summed E-state index contributed by atoms with van der Waals surface area (Å²) in [5.41, 5.74) is 0.0683. The molecule has 0 aliphatic heterocycles. The van der Waals surface area contributed by atoms with Crippen LogP contribution in [0.25, 0.3) is 0 Å². The quantitative estimate of drug-likeness (QED) is 0.841. The summed E-state index contributed by atoms with van der Waals surface area (Å²) in [4.78, 5) is 27.7. The number of hydrogen-bond donors (Lipinski definition) is 1. The van der Waals surface area contributed by atoms with Crippen LogP contribution in [0.3, 0.4) is 0 Å². The van der Waals surface area contributed by atoms with Crippen molar-refractivity contribution in [3.8, 4) is 0 Å². The van der Waals surface area contributed by atoms with E-state index in [2.05, 4.69) is 10.3 Å². The SMILES string of the molecule is CC[C@H](CNC(=O)OC(C)(C)C)C(=O)c1ccncc1. The molecule has 0 unspecified atom stereocenters. The van der Waals surface area contributed by atoms with Crippen molar-refractivity contribution in [1.82, 2.24) is 10.3 Å². The third kappa shape index (κ3) is 5.38. The summed E-state index contributed by atoms with van der Waals surface area (Å²) in [6.45, 7) is 7.58. The molecule has 20 heavy (non-hydrogen) atoms. The van der Waals surface area contributed by atoms with Crippen molar-refractivity contribution in [2.75, 3.05) is 6.54 Å². The standard InChI is InChI=1S/C15H22N2O3/c1-5-11(10-17-14(19)20-15(2,3)4)13(18)12-6-8-16-9-7-12/h6-9,11H,5,10H2,1-4H3,(H,17,19)/t11-/m1/s1. The molecule has 1 aromatic rings. The third-order valence-electron chi connectivity index (χ3n) is 2.72. The van der Waals surface area contributed by atoms with Crippen LogP contribution < -0.4 is 5.32 Å². The molecule has 1 amide bonds. The van der Waals surface area contributed by atoms with Crippen LogP contribution >= 0.6 is 0 Å². The Balaban J connectivity index is 2.56. The summed E-state index contributed by atoms with van der Waals surface area (Å²) in [6.07, 6.45) is 3.32. The normalized spacial score (nSPS) is 12.6. The minimum atomic E-state index is -0.541. The zero-order chi connectivity index (χ0) is 15.2. The Bertz CT molecular complexity index is 452. The van der Waals surface area contributed by atoms with E-state index in [9.17, 15) is 9.59 Å². The second kappa shape index (κ2) is 7.03. The van der Waals surface area contributed by atoms with E-state index < -0.39 is 11.7 Å². The average Bonchev–Trinajstić information content (AvgIpc) is 2.38. The molecule has 0 aliphatic carbocycles. The number of hydrogen-bond acceptors (Lipinski definition) is 4. The lowest BCUT2D eigenvalue weighted by molar-refractivity contribution is 0.0518. The van der Waals surface area contributed by atoms with E-state index in [4.69, 9.17) is 4.74 Å². The number of carbonyl (C=O) groups is 2. The van der Waals surface area contributed by atoms with Gasteiger partial charge < -0.3 is 10.1 Å². The molecule has 1 atom stereocenters. The second-order valence-electron chi connectivity index (χ2n) is 5.59. The van der Waals surface area contributed by atoms with Crippen LogP contribution in [0.1, 0.15) is 44.5 Å². The van der Waals surface area contributed by atoms with Crippen molar-refractivity contribution < 1.29 is 14.3 Å². The molecule has 0 radical (unpaired) electrons. The van der Waals surface area contributed by atoms with Gasteiger partial charge in [0, 0.05) is 30.4 Å². The Morgan fingerprint density at radius 1 is 1.30 bits per heavy atom. The van der Waals surface area contributed by atoms with Crippen molar-refractivity contribution in [1.29, 1.82) is 0 Å². The zero-order valence-electron chi connectivity index (χ0n) is 12.5. The second-order valence-corrected chi connectivity index (χ2v) is 5.59. The van der Waals surface area contributed by atoms with Gasteiger partial charge in [-0.25, -0.2) is 4.79 Å². The number of carbonyl (C=O) groups excluding carboxylic acids is 2. The van der Waals surface area contributed by atoms with Gasteiger partial charge in [0.15, 0.2) is 5.78 Å². The highest BCUT2D eigenvalue weighted by molar-refractivity contribution is 5.98. The van der Waals surface area contributed by atoms with Crippen molar-refractivity contribution in [2.45, 2.75) is 39.7 Å². The Labute approximate surface area is 119 Å². The molecule has 1 aromatic heterocycles. The molecule has 0 aromatic carbocycles. The van der Waals surface area contributed by atoms with Gasteiger partial charge >= 0.3 is 6.09 Å². The third-order valence-corrected chi connectivity index (χ3v) is 2.72. The smallest absolute Gasteiger partial charge is 0.407 e. The zero-order valence-corrected chi connectivity index (χ0v) is 12.5. The summed E-state index contributed by atoms with van der Waals surface area (Å²) < 4.78 is 5.15. The first kappa shape index (κ1) is 16.1. The highest BCUT2D eigenvalue weighted by atomic mass is 16.6. The monoisotopic (exact) mass is 278 g/mol. The number of alkyl carbamates (subject to hydrolysis) is 1. The van der Waals surface area contributed by atoms with Gasteiger partial charge in [-0.3, -0.25) is 9.78 Å². The molecule has 0 fully saturated rings. The average molecular weight is 278 g/mol. The lowest BCUT2D eigenvalue weighted by Gasteiger charge is -2.21. The highest BCUT2D eigenvalue weighted by Gasteiger charge is 2.21. The summed E-state index contributed by atoms with van der Waals surface area (Å²) in [5.74, 6) is -0.254. The predicted molar refractivity (Wildman–Crippen MR) is 76.6 cm³/mol. The number of rotatable bonds is 5. The first-order valence-corrected chi connectivity index (χ1v) is 6.74. The van der Waals surface area contributed by atoms with E-state index in [-0.39, 0.29) is 18.2 Å². The van der Waals surface area contributed by atoms with Crippen LogP contribution in [-0.2, 0) is 4.74 Å². The fourth-order valence-electron chi connectivity index (χ4n) is 1.70. The molecule has 5 heteroatoms. The Morgan fingerprint density at radius 2 is 1.90 bits per heavy atom. The Hall–Kier alpha value is -1.91. The van der Waals surface area contributed by atoms with Crippen molar-refractivity contribution in [3.63, 3.8) is 0 Å². The fourth-order valence-corrected chi connectivity index (χ4v) is 1.70. The highest BCUT2D eigenvalue weighted by Crippen LogP contribution is 2.12. The maximum Gasteiger partial charge on any atom is 0.407 e. The van der Waals surface area contributed by atoms with E-state index in [1.807, 2.05) is 6.92 Å². The number of amides is 1. The molecule has 1 heterocycles. The molecular weight excluding hydrogens is 256 g/mol. The van der Waals surface area contributed by atoms with Gasteiger partial charge in [-0.15, -0.1) is 0 Å². The first-order valence-electron chi connectivity index (χ1n) is 6.74. The van der Waals surface area contributed by atoms with E-state index in [0.717, 1.165) is 0 Å².